The Kier molecular flexibility index (Phi) is 41.3. The molecule has 64 heavy (non-hydrogen) atoms. The third-order valence-corrected chi connectivity index (χ3v) is 13.4. The van der Waals surface area contributed by atoms with E-state index in [2.05, 4.69) is 38.2 Å². The predicted molar refractivity (Wildman–Crippen MR) is 271 cm³/mol. The van der Waals surface area contributed by atoms with Gasteiger partial charge in [0.2, 0.25) is 0 Å². The third-order valence-electron chi connectivity index (χ3n) is 12.5. The summed E-state index contributed by atoms with van der Waals surface area (Å²) in [4.78, 5) is 25.5. The first-order valence-electron chi connectivity index (χ1n) is 27.1. The minimum absolute atomic E-state index is 0.0609. The molecular weight excluding hydrogens is 817 g/mol. The molecule has 0 spiro atoms. The van der Waals surface area contributed by atoms with E-state index in [4.69, 9.17) is 9.47 Å². The van der Waals surface area contributed by atoms with Crippen molar-refractivity contribution in [1.29, 1.82) is 0 Å². The van der Waals surface area contributed by atoms with Crippen LogP contribution in [0.1, 0.15) is 291 Å². The zero-order valence-corrected chi connectivity index (χ0v) is 42.4. The Labute approximate surface area is 394 Å². The van der Waals surface area contributed by atoms with Gasteiger partial charge >= 0.3 is 11.9 Å². The lowest BCUT2D eigenvalue weighted by Crippen LogP contribution is -2.16. The molecular formula is C56H98O7S. The molecule has 0 heterocycles. The lowest BCUT2D eigenvalue weighted by Gasteiger charge is -2.11. The van der Waals surface area contributed by atoms with E-state index in [1.807, 2.05) is 0 Å². The van der Waals surface area contributed by atoms with Gasteiger partial charge in [0.05, 0.1) is 29.2 Å². The van der Waals surface area contributed by atoms with Crippen LogP contribution in [-0.4, -0.2) is 38.1 Å². The number of hydrogen-bond donors (Lipinski definition) is 1. The molecule has 0 radical (unpaired) electrons. The number of esters is 2. The number of ether oxygens (including phenoxy) is 2. The van der Waals surface area contributed by atoms with Crippen LogP contribution >= 0.6 is 0 Å². The van der Waals surface area contributed by atoms with Gasteiger partial charge in [0.25, 0.3) is 10.1 Å². The maximum atomic E-state index is 13.0. The average molecular weight is 915 g/mol. The van der Waals surface area contributed by atoms with Crippen molar-refractivity contribution in [1.82, 2.24) is 0 Å². The largest absolute Gasteiger partial charge is 0.462 e. The summed E-state index contributed by atoms with van der Waals surface area (Å²) < 4.78 is 44.2. The first-order chi connectivity index (χ1) is 31.3. The van der Waals surface area contributed by atoms with Crippen molar-refractivity contribution in [2.75, 3.05) is 13.2 Å². The van der Waals surface area contributed by atoms with Crippen LogP contribution in [0.4, 0.5) is 0 Å². The van der Waals surface area contributed by atoms with Crippen LogP contribution in [0.2, 0.25) is 0 Å². The Hall–Kier alpha value is -2.45. The van der Waals surface area contributed by atoms with Gasteiger partial charge in [-0.15, -0.1) is 0 Å². The molecule has 0 aliphatic carbocycles. The number of benzene rings is 1. The zero-order valence-electron chi connectivity index (χ0n) is 41.5. The van der Waals surface area contributed by atoms with Gasteiger partial charge in [0.15, 0.2) is 0 Å². The first kappa shape index (κ1) is 59.6. The van der Waals surface area contributed by atoms with E-state index in [9.17, 15) is 22.6 Å². The molecule has 0 saturated carbocycles. The van der Waals surface area contributed by atoms with E-state index in [1.54, 1.807) is 0 Å². The Bertz CT molecular complexity index is 1400. The van der Waals surface area contributed by atoms with E-state index in [0.29, 0.717) is 12.8 Å². The van der Waals surface area contributed by atoms with Crippen LogP contribution in [0.15, 0.2) is 47.4 Å². The van der Waals surface area contributed by atoms with Gasteiger partial charge < -0.3 is 9.47 Å². The maximum Gasteiger partial charge on any atom is 0.339 e. The van der Waals surface area contributed by atoms with Gasteiger partial charge in [0, 0.05) is 0 Å². The summed E-state index contributed by atoms with van der Waals surface area (Å²) in [5.41, 5.74) is -0.272. The second-order valence-corrected chi connectivity index (χ2v) is 20.0. The fourth-order valence-electron chi connectivity index (χ4n) is 8.34. The van der Waals surface area contributed by atoms with Crippen molar-refractivity contribution in [3.63, 3.8) is 0 Å². The van der Waals surface area contributed by atoms with Crippen molar-refractivity contribution in [2.45, 2.75) is 276 Å². The van der Waals surface area contributed by atoms with Crippen LogP contribution in [0.25, 0.3) is 0 Å². The standard InChI is InChI=1S/C56H98O7S/c1-3-5-7-9-11-13-15-17-19-21-23-25-27-29-31-33-35-37-39-41-43-45-49-62-55(57)53-48-47-52(64(59,60)61)51-54(53)56(58)63-50-46-44-42-40-38-36-34-32-30-28-26-24-22-20-18-16-14-12-10-8-6-4-2/h27-30,47-48,51H,3-26,31-46,49-50H2,1-2H3,(H,59,60,61)/b29-27+,30-28+. The van der Waals surface area contributed by atoms with E-state index < -0.39 is 27.0 Å². The van der Waals surface area contributed by atoms with Crippen molar-refractivity contribution in [2.24, 2.45) is 0 Å². The second-order valence-electron chi connectivity index (χ2n) is 18.6. The predicted octanol–water partition coefficient (Wildman–Crippen LogP) is 18.0. The molecule has 0 bridgehead atoms. The average Bonchev–Trinajstić information content (AvgIpc) is 3.28. The number of unbranched alkanes of at least 4 members (excludes halogenated alkanes) is 36. The van der Waals surface area contributed by atoms with Gasteiger partial charge in [0.1, 0.15) is 0 Å². The van der Waals surface area contributed by atoms with Gasteiger partial charge in [-0.3, -0.25) is 4.55 Å². The molecule has 370 valence electrons. The minimum atomic E-state index is -4.57. The van der Waals surface area contributed by atoms with Crippen LogP contribution in [0.5, 0.6) is 0 Å². The number of rotatable bonds is 47. The molecule has 0 aliphatic heterocycles. The topological polar surface area (TPSA) is 107 Å². The summed E-state index contributed by atoms with van der Waals surface area (Å²) in [6.07, 6.45) is 59.7. The molecule has 1 N–H and O–H groups in total. The fraction of sp³-hybridized carbons (Fsp3) is 0.786. The number of allylic oxidation sites excluding steroid dienone is 4. The summed E-state index contributed by atoms with van der Waals surface area (Å²) in [7, 11) is -4.57. The van der Waals surface area contributed by atoms with Crippen LogP contribution in [0.3, 0.4) is 0 Å². The SMILES string of the molecule is CCCCCCCCCCCCC/C=C/CCCCCCCCCOC(=O)c1ccc(S(=O)(=O)O)cc1C(=O)OCCCCCCCCC/C=C/CCCCCCCCCCCCC. The van der Waals surface area contributed by atoms with E-state index in [1.165, 1.54) is 199 Å². The lowest BCUT2D eigenvalue weighted by molar-refractivity contribution is 0.0450. The molecule has 0 saturated heterocycles. The summed E-state index contributed by atoms with van der Waals surface area (Å²) in [6, 6.07) is 3.32. The van der Waals surface area contributed by atoms with E-state index in [0.717, 1.165) is 63.5 Å². The highest BCUT2D eigenvalue weighted by atomic mass is 32.2. The second kappa shape index (κ2) is 44.4. The zero-order chi connectivity index (χ0) is 46.4. The summed E-state index contributed by atoms with van der Waals surface area (Å²) in [5, 5.41) is 0. The van der Waals surface area contributed by atoms with Gasteiger partial charge in [-0.25, -0.2) is 9.59 Å². The highest BCUT2D eigenvalue weighted by molar-refractivity contribution is 7.85. The number of carbonyl (C=O) groups excluding carboxylic acids is 2. The molecule has 1 aromatic carbocycles. The monoisotopic (exact) mass is 915 g/mol. The minimum Gasteiger partial charge on any atom is -0.462 e. The maximum absolute atomic E-state index is 13.0. The molecule has 0 amide bonds. The van der Waals surface area contributed by atoms with Crippen molar-refractivity contribution >= 4 is 22.1 Å². The molecule has 0 fully saturated rings. The summed E-state index contributed by atoms with van der Waals surface area (Å²) in [5.74, 6) is -1.50. The fourth-order valence-corrected chi connectivity index (χ4v) is 8.84. The molecule has 0 aromatic heterocycles. The molecule has 0 unspecified atom stereocenters. The highest BCUT2D eigenvalue weighted by Gasteiger charge is 2.23. The Morgan fingerprint density at radius 3 is 0.969 bits per heavy atom. The molecule has 7 nitrogen and oxygen atoms in total. The van der Waals surface area contributed by atoms with Crippen molar-refractivity contribution in [3.8, 4) is 0 Å². The Morgan fingerprint density at radius 1 is 0.406 bits per heavy atom. The quantitative estimate of drug-likeness (QED) is 0.0300. The smallest absolute Gasteiger partial charge is 0.339 e. The van der Waals surface area contributed by atoms with Crippen LogP contribution in [-0.2, 0) is 19.6 Å². The molecule has 1 rings (SSSR count). The van der Waals surface area contributed by atoms with Gasteiger partial charge in [-0.2, -0.15) is 8.42 Å². The molecule has 8 heteroatoms. The van der Waals surface area contributed by atoms with Crippen molar-refractivity contribution < 1.29 is 32.0 Å². The van der Waals surface area contributed by atoms with Crippen molar-refractivity contribution in [3.05, 3.63) is 53.6 Å². The molecule has 0 atom stereocenters. The van der Waals surface area contributed by atoms with Crippen LogP contribution in [0, 0.1) is 0 Å². The molecule has 1 aromatic rings. The third kappa shape index (κ3) is 36.7. The highest BCUT2D eigenvalue weighted by Crippen LogP contribution is 2.20. The first-order valence-corrected chi connectivity index (χ1v) is 28.5. The van der Waals surface area contributed by atoms with Gasteiger partial charge in [-0.1, -0.05) is 231 Å². The lowest BCUT2D eigenvalue weighted by atomic mass is 10.0. The normalized spacial score (nSPS) is 11.9. The number of carbonyl (C=O) groups is 2. The number of hydrogen-bond acceptors (Lipinski definition) is 6. The Morgan fingerprint density at radius 2 is 0.672 bits per heavy atom. The summed E-state index contributed by atoms with van der Waals surface area (Å²) in [6.45, 7) is 4.94. The van der Waals surface area contributed by atoms with Gasteiger partial charge in [-0.05, 0) is 82.4 Å². The summed E-state index contributed by atoms with van der Waals surface area (Å²) >= 11 is 0. The van der Waals surface area contributed by atoms with E-state index in [-0.39, 0.29) is 24.3 Å². The molecule has 0 aliphatic rings. The van der Waals surface area contributed by atoms with Crippen LogP contribution < -0.4 is 0 Å². The Balaban J connectivity index is 2.12. The van der Waals surface area contributed by atoms with E-state index >= 15 is 0 Å².